The molecule has 1 heterocycles. The highest BCUT2D eigenvalue weighted by atomic mass is 16.6. The first-order valence-electron chi connectivity index (χ1n) is 5.49. The Hall–Kier alpha value is -0.770. The molecule has 0 aliphatic carbocycles. The van der Waals surface area contributed by atoms with Gasteiger partial charge in [-0.2, -0.15) is 0 Å². The predicted molar refractivity (Wildman–Crippen MR) is 57.8 cm³/mol. The Bertz CT molecular complexity index is 222. The van der Waals surface area contributed by atoms with E-state index >= 15 is 0 Å². The molecule has 1 N–H and O–H groups in total. The minimum absolute atomic E-state index is 0.146. The minimum Gasteiger partial charge on any atom is -0.444 e. The molecule has 0 spiro atoms. The number of rotatable bonds is 2. The Morgan fingerprint density at radius 1 is 1.47 bits per heavy atom. The van der Waals surface area contributed by atoms with E-state index in [-0.39, 0.29) is 12.2 Å². The molecule has 0 bridgehead atoms. The fraction of sp³-hybridized carbons (Fsp3) is 0.909. The number of carbonyl (C=O) groups excluding carboxylic acids is 1. The van der Waals surface area contributed by atoms with Gasteiger partial charge in [-0.25, -0.2) is 4.79 Å². The molecule has 15 heavy (non-hydrogen) atoms. The molecule has 1 rings (SSSR count). The third kappa shape index (κ3) is 5.02. The average molecular weight is 215 g/mol. The van der Waals surface area contributed by atoms with Crippen LogP contribution in [0.15, 0.2) is 0 Å². The normalized spacial score (nSPS) is 26.4. The van der Waals surface area contributed by atoms with E-state index in [1.54, 1.807) is 0 Å². The average Bonchev–Trinajstić information content (AvgIpc) is 2.45. The van der Waals surface area contributed by atoms with Crippen LogP contribution in [-0.2, 0) is 9.47 Å². The molecule has 0 radical (unpaired) electrons. The number of amides is 1. The second-order valence-corrected chi connectivity index (χ2v) is 5.03. The van der Waals surface area contributed by atoms with Crippen LogP contribution in [-0.4, -0.2) is 30.4 Å². The fourth-order valence-electron chi connectivity index (χ4n) is 1.55. The first kappa shape index (κ1) is 12.3. The number of hydrogen-bond donors (Lipinski definition) is 1. The van der Waals surface area contributed by atoms with Crippen molar-refractivity contribution in [3.8, 4) is 0 Å². The van der Waals surface area contributed by atoms with E-state index in [0.717, 1.165) is 12.8 Å². The number of ether oxygens (including phenoxy) is 2. The maximum absolute atomic E-state index is 11.3. The van der Waals surface area contributed by atoms with Crippen LogP contribution in [0, 0.1) is 0 Å². The smallest absolute Gasteiger partial charge is 0.407 e. The maximum atomic E-state index is 11.3. The highest BCUT2D eigenvalue weighted by Gasteiger charge is 2.23. The first-order valence-corrected chi connectivity index (χ1v) is 5.49. The van der Waals surface area contributed by atoms with Gasteiger partial charge in [0.1, 0.15) is 5.60 Å². The van der Waals surface area contributed by atoms with Gasteiger partial charge in [0.15, 0.2) is 0 Å². The summed E-state index contributed by atoms with van der Waals surface area (Å²) in [5.41, 5.74) is -0.437. The molecule has 1 amide bonds. The van der Waals surface area contributed by atoms with Crippen molar-refractivity contribution in [1.29, 1.82) is 0 Å². The van der Waals surface area contributed by atoms with Gasteiger partial charge in [0.25, 0.3) is 0 Å². The van der Waals surface area contributed by atoms with Gasteiger partial charge in [-0.3, -0.25) is 0 Å². The Morgan fingerprint density at radius 3 is 2.60 bits per heavy atom. The molecular weight excluding hydrogens is 194 g/mol. The fourth-order valence-corrected chi connectivity index (χ4v) is 1.55. The Labute approximate surface area is 91.3 Å². The molecule has 2 unspecified atom stereocenters. The lowest BCUT2D eigenvalue weighted by Crippen LogP contribution is -2.36. The molecule has 1 saturated heterocycles. The van der Waals surface area contributed by atoms with Gasteiger partial charge in [-0.05, 0) is 40.5 Å². The highest BCUT2D eigenvalue weighted by Crippen LogP contribution is 2.18. The summed E-state index contributed by atoms with van der Waals surface area (Å²) >= 11 is 0. The molecule has 0 aromatic heterocycles. The van der Waals surface area contributed by atoms with Gasteiger partial charge in [-0.1, -0.05) is 0 Å². The van der Waals surface area contributed by atoms with E-state index in [4.69, 9.17) is 9.47 Å². The van der Waals surface area contributed by atoms with Crippen molar-refractivity contribution in [2.45, 2.75) is 58.3 Å². The third-order valence-corrected chi connectivity index (χ3v) is 2.19. The van der Waals surface area contributed by atoms with E-state index in [2.05, 4.69) is 5.32 Å². The molecule has 2 atom stereocenters. The number of hydrogen-bond acceptors (Lipinski definition) is 3. The van der Waals surface area contributed by atoms with Crippen molar-refractivity contribution in [3.05, 3.63) is 0 Å². The largest absolute Gasteiger partial charge is 0.444 e. The van der Waals surface area contributed by atoms with Crippen molar-refractivity contribution < 1.29 is 14.3 Å². The van der Waals surface area contributed by atoms with E-state index in [1.807, 2.05) is 27.7 Å². The van der Waals surface area contributed by atoms with Gasteiger partial charge in [0.2, 0.25) is 0 Å². The summed E-state index contributed by atoms with van der Waals surface area (Å²) < 4.78 is 10.7. The summed E-state index contributed by atoms with van der Waals surface area (Å²) in [5, 5.41) is 2.72. The van der Waals surface area contributed by atoms with Crippen molar-refractivity contribution in [1.82, 2.24) is 5.32 Å². The molecule has 1 aliphatic rings. The SMILES string of the molecule is CC1CCC(CNC(=O)OC(C)(C)C)O1. The third-order valence-electron chi connectivity index (χ3n) is 2.19. The van der Waals surface area contributed by atoms with Crippen LogP contribution in [0.2, 0.25) is 0 Å². The number of nitrogens with one attached hydrogen (secondary N) is 1. The molecule has 4 heteroatoms. The summed E-state index contributed by atoms with van der Waals surface area (Å²) in [5.74, 6) is 0. The molecule has 0 saturated carbocycles. The molecule has 0 aromatic rings. The first-order chi connectivity index (χ1) is 6.87. The van der Waals surface area contributed by atoms with Crippen molar-refractivity contribution in [2.24, 2.45) is 0 Å². The summed E-state index contributed by atoms with van der Waals surface area (Å²) in [4.78, 5) is 11.3. The Morgan fingerprint density at radius 2 is 2.13 bits per heavy atom. The summed E-state index contributed by atoms with van der Waals surface area (Å²) in [7, 11) is 0. The van der Waals surface area contributed by atoms with Crippen molar-refractivity contribution in [2.75, 3.05) is 6.54 Å². The zero-order chi connectivity index (χ0) is 11.5. The van der Waals surface area contributed by atoms with Crippen LogP contribution < -0.4 is 5.32 Å². The molecule has 88 valence electrons. The van der Waals surface area contributed by atoms with Gasteiger partial charge in [0, 0.05) is 6.54 Å². The molecule has 4 nitrogen and oxygen atoms in total. The molecule has 0 aromatic carbocycles. The maximum Gasteiger partial charge on any atom is 0.407 e. The molecular formula is C11H21NO3. The van der Waals surface area contributed by atoms with E-state index in [1.165, 1.54) is 0 Å². The summed E-state index contributed by atoms with van der Waals surface area (Å²) in [6.45, 7) is 8.13. The van der Waals surface area contributed by atoms with Gasteiger partial charge in [0.05, 0.1) is 12.2 Å². The lowest BCUT2D eigenvalue weighted by Gasteiger charge is -2.20. The molecule has 1 fully saturated rings. The van der Waals surface area contributed by atoms with Crippen LogP contribution in [0.3, 0.4) is 0 Å². The van der Waals surface area contributed by atoms with Crippen LogP contribution in [0.1, 0.15) is 40.5 Å². The lowest BCUT2D eigenvalue weighted by atomic mass is 10.2. The van der Waals surface area contributed by atoms with Crippen molar-refractivity contribution in [3.63, 3.8) is 0 Å². The van der Waals surface area contributed by atoms with Gasteiger partial charge >= 0.3 is 6.09 Å². The van der Waals surface area contributed by atoms with Crippen LogP contribution in [0.25, 0.3) is 0 Å². The zero-order valence-corrected chi connectivity index (χ0v) is 10.0. The van der Waals surface area contributed by atoms with Crippen LogP contribution in [0.4, 0.5) is 4.79 Å². The molecule has 1 aliphatic heterocycles. The Balaban J connectivity index is 2.17. The van der Waals surface area contributed by atoms with Crippen molar-refractivity contribution >= 4 is 6.09 Å². The van der Waals surface area contributed by atoms with Gasteiger partial charge in [-0.15, -0.1) is 0 Å². The van der Waals surface area contributed by atoms with Gasteiger partial charge < -0.3 is 14.8 Å². The van der Waals surface area contributed by atoms with E-state index in [0.29, 0.717) is 12.6 Å². The Kier molecular flexibility index (Phi) is 3.97. The second-order valence-electron chi connectivity index (χ2n) is 5.03. The minimum atomic E-state index is -0.437. The number of carbonyl (C=O) groups is 1. The van der Waals surface area contributed by atoms with E-state index in [9.17, 15) is 4.79 Å². The topological polar surface area (TPSA) is 47.6 Å². The summed E-state index contributed by atoms with van der Waals surface area (Å²) in [6.07, 6.45) is 2.17. The highest BCUT2D eigenvalue weighted by molar-refractivity contribution is 5.67. The predicted octanol–water partition coefficient (Wildman–Crippen LogP) is 2.08. The van der Waals surface area contributed by atoms with Crippen LogP contribution >= 0.6 is 0 Å². The number of alkyl carbamates (subject to hydrolysis) is 1. The second kappa shape index (κ2) is 4.84. The lowest BCUT2D eigenvalue weighted by molar-refractivity contribution is 0.0368. The quantitative estimate of drug-likeness (QED) is 0.767. The van der Waals surface area contributed by atoms with E-state index < -0.39 is 5.60 Å². The standard InChI is InChI=1S/C11H21NO3/c1-8-5-6-9(14-8)7-12-10(13)15-11(2,3)4/h8-9H,5-7H2,1-4H3,(H,12,13). The van der Waals surface area contributed by atoms with Crippen LogP contribution in [0.5, 0.6) is 0 Å². The zero-order valence-electron chi connectivity index (χ0n) is 10.0. The summed E-state index contributed by atoms with van der Waals surface area (Å²) in [6, 6.07) is 0. The monoisotopic (exact) mass is 215 g/mol.